The molecule has 6 N–H and O–H groups in total. The number of rotatable bonds is 19. The molecule has 0 aromatic carbocycles. The standard InChI is InChI=1S/C20H43N5O4/c1-5-20(3,19(27)28-4)16-17(2)18(26)29-15-14-25-13-12-24-11-10-23-9-8-22-7-6-21/h17,22-25H,5-16,21H2,1-4H3. The average Bonchev–Trinajstić information content (AvgIpc) is 2.72. The van der Waals surface area contributed by atoms with E-state index in [1.807, 2.05) is 13.8 Å². The fourth-order valence-electron chi connectivity index (χ4n) is 2.88. The molecule has 0 aromatic rings. The van der Waals surface area contributed by atoms with Crippen LogP contribution in [0.3, 0.4) is 0 Å². The fourth-order valence-corrected chi connectivity index (χ4v) is 2.88. The predicted molar refractivity (Wildman–Crippen MR) is 116 cm³/mol. The summed E-state index contributed by atoms with van der Waals surface area (Å²) in [6.45, 7) is 13.3. The number of nitrogens with one attached hydrogen (secondary N) is 4. The molecule has 0 aliphatic rings. The maximum Gasteiger partial charge on any atom is 0.311 e. The minimum atomic E-state index is -0.660. The summed E-state index contributed by atoms with van der Waals surface area (Å²) in [6.07, 6.45) is 1.04. The van der Waals surface area contributed by atoms with E-state index in [-0.39, 0.29) is 17.9 Å². The zero-order chi connectivity index (χ0) is 22.0. The number of nitrogens with two attached hydrogens (primary N) is 1. The Morgan fingerprint density at radius 2 is 1.41 bits per heavy atom. The largest absolute Gasteiger partial charge is 0.469 e. The molecule has 0 saturated carbocycles. The van der Waals surface area contributed by atoms with Gasteiger partial charge in [0.05, 0.1) is 18.4 Å². The number of hydrogen-bond donors (Lipinski definition) is 5. The van der Waals surface area contributed by atoms with Crippen molar-refractivity contribution in [3.63, 3.8) is 0 Å². The van der Waals surface area contributed by atoms with Gasteiger partial charge in [-0.1, -0.05) is 13.8 Å². The number of carbonyl (C=O) groups is 2. The highest BCUT2D eigenvalue weighted by molar-refractivity contribution is 5.78. The quantitative estimate of drug-likeness (QED) is 0.139. The molecule has 0 rings (SSSR count). The van der Waals surface area contributed by atoms with Gasteiger partial charge in [0.15, 0.2) is 0 Å². The van der Waals surface area contributed by atoms with E-state index in [2.05, 4.69) is 21.3 Å². The van der Waals surface area contributed by atoms with Crippen LogP contribution < -0.4 is 27.0 Å². The molecule has 0 heterocycles. The lowest BCUT2D eigenvalue weighted by molar-refractivity contribution is -0.156. The first-order chi connectivity index (χ1) is 13.9. The molecule has 0 aromatic heterocycles. The van der Waals surface area contributed by atoms with Crippen molar-refractivity contribution in [1.82, 2.24) is 21.3 Å². The number of hydrogen-bond acceptors (Lipinski definition) is 9. The van der Waals surface area contributed by atoms with Crippen molar-refractivity contribution in [2.45, 2.75) is 33.6 Å². The molecule has 172 valence electrons. The third-order valence-electron chi connectivity index (χ3n) is 4.90. The molecule has 9 heteroatoms. The van der Waals surface area contributed by atoms with Gasteiger partial charge in [-0.25, -0.2) is 0 Å². The summed E-state index contributed by atoms with van der Waals surface area (Å²) in [6, 6.07) is 0. The van der Waals surface area contributed by atoms with Crippen LogP contribution in [-0.2, 0) is 19.1 Å². The Morgan fingerprint density at radius 3 is 1.86 bits per heavy atom. The monoisotopic (exact) mass is 417 g/mol. The molecule has 0 bridgehead atoms. The van der Waals surface area contributed by atoms with E-state index in [1.54, 1.807) is 6.92 Å². The molecule has 0 saturated heterocycles. The lowest BCUT2D eigenvalue weighted by Crippen LogP contribution is -2.36. The molecule has 0 aliphatic carbocycles. The SMILES string of the molecule is CCC(C)(CC(C)C(=O)OCCNCCNCCNCCNCCN)C(=O)OC. The van der Waals surface area contributed by atoms with Crippen molar-refractivity contribution in [2.24, 2.45) is 17.1 Å². The van der Waals surface area contributed by atoms with Crippen LogP contribution in [0.2, 0.25) is 0 Å². The van der Waals surface area contributed by atoms with E-state index < -0.39 is 5.41 Å². The minimum absolute atomic E-state index is 0.277. The lowest BCUT2D eigenvalue weighted by atomic mass is 9.79. The van der Waals surface area contributed by atoms with Gasteiger partial charge in [-0.05, 0) is 19.8 Å². The topological polar surface area (TPSA) is 127 Å². The van der Waals surface area contributed by atoms with Crippen LogP contribution in [0.15, 0.2) is 0 Å². The molecule has 2 atom stereocenters. The van der Waals surface area contributed by atoms with Gasteiger partial charge in [-0.2, -0.15) is 0 Å². The highest BCUT2D eigenvalue weighted by atomic mass is 16.5. The Hall–Kier alpha value is -1.26. The van der Waals surface area contributed by atoms with Crippen LogP contribution in [0.25, 0.3) is 0 Å². The van der Waals surface area contributed by atoms with Crippen LogP contribution in [0.5, 0.6) is 0 Å². The average molecular weight is 418 g/mol. The van der Waals surface area contributed by atoms with Crippen molar-refractivity contribution in [3.8, 4) is 0 Å². The Labute approximate surface area is 176 Å². The second-order valence-corrected chi connectivity index (χ2v) is 7.47. The number of methoxy groups -OCH3 is 1. The third-order valence-corrected chi connectivity index (χ3v) is 4.90. The zero-order valence-electron chi connectivity index (χ0n) is 18.8. The van der Waals surface area contributed by atoms with Crippen LogP contribution in [0.1, 0.15) is 33.6 Å². The smallest absolute Gasteiger partial charge is 0.311 e. The van der Waals surface area contributed by atoms with E-state index in [0.29, 0.717) is 32.5 Å². The van der Waals surface area contributed by atoms with Gasteiger partial charge in [0.2, 0.25) is 0 Å². The lowest BCUT2D eigenvalue weighted by Gasteiger charge is -2.27. The third kappa shape index (κ3) is 13.6. The van der Waals surface area contributed by atoms with E-state index in [4.69, 9.17) is 15.2 Å². The van der Waals surface area contributed by atoms with Crippen LogP contribution in [0.4, 0.5) is 0 Å². The van der Waals surface area contributed by atoms with Crippen molar-refractivity contribution >= 4 is 11.9 Å². The van der Waals surface area contributed by atoms with E-state index in [9.17, 15) is 9.59 Å². The van der Waals surface area contributed by atoms with Gasteiger partial charge in [-0.3, -0.25) is 9.59 Å². The summed E-state index contributed by atoms with van der Waals surface area (Å²) in [5.41, 5.74) is 4.74. The molecule has 0 spiro atoms. The number of carbonyl (C=O) groups excluding carboxylic acids is 2. The minimum Gasteiger partial charge on any atom is -0.469 e. The molecule has 29 heavy (non-hydrogen) atoms. The zero-order valence-corrected chi connectivity index (χ0v) is 18.8. The maximum absolute atomic E-state index is 12.1. The van der Waals surface area contributed by atoms with Crippen molar-refractivity contribution in [1.29, 1.82) is 0 Å². The number of esters is 2. The molecule has 9 nitrogen and oxygen atoms in total. The highest BCUT2D eigenvalue weighted by Crippen LogP contribution is 2.31. The second kappa shape index (κ2) is 17.6. The van der Waals surface area contributed by atoms with Crippen LogP contribution in [0, 0.1) is 11.3 Å². The molecular weight excluding hydrogens is 374 g/mol. The highest BCUT2D eigenvalue weighted by Gasteiger charge is 2.36. The van der Waals surface area contributed by atoms with Gasteiger partial charge in [-0.15, -0.1) is 0 Å². The summed E-state index contributed by atoms with van der Waals surface area (Å²) in [5.74, 6) is -0.911. The van der Waals surface area contributed by atoms with Crippen molar-refractivity contribution in [3.05, 3.63) is 0 Å². The van der Waals surface area contributed by atoms with Crippen LogP contribution in [-0.4, -0.2) is 84.6 Å². The first-order valence-electron chi connectivity index (χ1n) is 10.7. The van der Waals surface area contributed by atoms with Gasteiger partial charge in [0, 0.05) is 58.9 Å². The first-order valence-corrected chi connectivity index (χ1v) is 10.7. The maximum atomic E-state index is 12.1. The van der Waals surface area contributed by atoms with Crippen molar-refractivity contribution in [2.75, 3.05) is 72.6 Å². The Morgan fingerprint density at radius 1 is 0.931 bits per heavy atom. The van der Waals surface area contributed by atoms with E-state index in [1.165, 1.54) is 7.11 Å². The molecule has 0 fully saturated rings. The first kappa shape index (κ1) is 27.7. The Balaban J connectivity index is 3.63. The summed E-state index contributed by atoms with van der Waals surface area (Å²) in [5, 5.41) is 13.1. The Bertz CT molecular complexity index is 439. The molecule has 0 amide bonds. The summed E-state index contributed by atoms with van der Waals surface area (Å²) < 4.78 is 10.2. The Kier molecular flexibility index (Phi) is 16.8. The normalized spacial score (nSPS) is 14.2. The van der Waals surface area contributed by atoms with E-state index >= 15 is 0 Å². The predicted octanol–water partition coefficient (Wildman–Crippen LogP) is -0.538. The molecule has 2 unspecified atom stereocenters. The van der Waals surface area contributed by atoms with E-state index in [0.717, 1.165) is 45.8 Å². The molecular formula is C20H43N5O4. The van der Waals surface area contributed by atoms with Gasteiger partial charge < -0.3 is 36.5 Å². The summed E-state index contributed by atoms with van der Waals surface area (Å²) in [7, 11) is 1.37. The van der Waals surface area contributed by atoms with Gasteiger partial charge in [0.25, 0.3) is 0 Å². The van der Waals surface area contributed by atoms with Crippen molar-refractivity contribution < 1.29 is 19.1 Å². The number of ether oxygens (including phenoxy) is 2. The molecule has 0 radical (unpaired) electrons. The van der Waals surface area contributed by atoms with Crippen LogP contribution >= 0.6 is 0 Å². The fraction of sp³-hybridized carbons (Fsp3) is 0.900. The van der Waals surface area contributed by atoms with Gasteiger partial charge >= 0.3 is 11.9 Å². The molecule has 0 aliphatic heterocycles. The summed E-state index contributed by atoms with van der Waals surface area (Å²) >= 11 is 0. The summed E-state index contributed by atoms with van der Waals surface area (Å²) in [4.78, 5) is 24.1. The second-order valence-electron chi connectivity index (χ2n) is 7.47. The van der Waals surface area contributed by atoms with Gasteiger partial charge in [0.1, 0.15) is 6.61 Å².